The molecule has 0 bridgehead atoms. The molecule has 140 valence electrons. The summed E-state index contributed by atoms with van der Waals surface area (Å²) in [6, 6.07) is 6.81. The predicted molar refractivity (Wildman–Crippen MR) is 95.7 cm³/mol. The Kier molecular flexibility index (Phi) is 5.58. The summed E-state index contributed by atoms with van der Waals surface area (Å²) in [6.07, 6.45) is 0.0406. The van der Waals surface area contributed by atoms with Gasteiger partial charge in [-0.1, -0.05) is 12.1 Å². The van der Waals surface area contributed by atoms with E-state index in [9.17, 15) is 14.7 Å². The molecule has 0 saturated carbocycles. The van der Waals surface area contributed by atoms with Gasteiger partial charge < -0.3 is 14.6 Å². The van der Waals surface area contributed by atoms with Gasteiger partial charge in [0, 0.05) is 26.2 Å². The molecule has 2 heterocycles. The molecule has 1 saturated heterocycles. The molecule has 0 aromatic heterocycles. The van der Waals surface area contributed by atoms with Crippen LogP contribution in [0.2, 0.25) is 0 Å². The molecule has 7 heteroatoms. The molecule has 7 nitrogen and oxygen atoms in total. The highest BCUT2D eigenvalue weighted by Crippen LogP contribution is 2.29. The van der Waals surface area contributed by atoms with Gasteiger partial charge in [0.2, 0.25) is 0 Å². The fourth-order valence-corrected chi connectivity index (χ4v) is 3.07. The SMILES string of the molecule is CC(C)Oc1ccc(C2=C(O)C(=O)N(CCN3CCOCC3)C2=O)cc1. The Balaban J connectivity index is 1.69. The first-order valence-electron chi connectivity index (χ1n) is 8.84. The van der Waals surface area contributed by atoms with Gasteiger partial charge in [0.05, 0.1) is 24.9 Å². The van der Waals surface area contributed by atoms with Crippen molar-refractivity contribution in [2.75, 3.05) is 39.4 Å². The minimum Gasteiger partial charge on any atom is -0.502 e. The summed E-state index contributed by atoms with van der Waals surface area (Å²) >= 11 is 0. The van der Waals surface area contributed by atoms with Crippen LogP contribution in [0.25, 0.3) is 5.57 Å². The molecule has 0 spiro atoms. The number of amides is 2. The molecule has 0 unspecified atom stereocenters. The lowest BCUT2D eigenvalue weighted by Gasteiger charge is -2.28. The molecular weight excluding hydrogens is 336 g/mol. The van der Waals surface area contributed by atoms with Gasteiger partial charge in [-0.2, -0.15) is 0 Å². The van der Waals surface area contributed by atoms with Crippen molar-refractivity contribution in [3.05, 3.63) is 35.6 Å². The summed E-state index contributed by atoms with van der Waals surface area (Å²) in [5.41, 5.74) is 0.555. The van der Waals surface area contributed by atoms with Gasteiger partial charge in [0.15, 0.2) is 5.76 Å². The molecule has 1 N–H and O–H groups in total. The van der Waals surface area contributed by atoms with Gasteiger partial charge in [-0.05, 0) is 31.5 Å². The second kappa shape index (κ2) is 7.88. The molecule has 3 rings (SSSR count). The van der Waals surface area contributed by atoms with Crippen LogP contribution in [0.5, 0.6) is 5.75 Å². The normalized spacial score (nSPS) is 19.0. The molecular formula is C19H24N2O5. The van der Waals surface area contributed by atoms with Gasteiger partial charge in [0.1, 0.15) is 5.75 Å². The number of carbonyl (C=O) groups is 2. The molecule has 2 aliphatic heterocycles. The third-order valence-corrected chi connectivity index (χ3v) is 4.40. The second-order valence-corrected chi connectivity index (χ2v) is 6.63. The number of carbonyl (C=O) groups excluding carboxylic acids is 2. The summed E-state index contributed by atoms with van der Waals surface area (Å²) in [7, 11) is 0. The largest absolute Gasteiger partial charge is 0.502 e. The molecule has 0 radical (unpaired) electrons. The number of aliphatic hydroxyl groups excluding tert-OH is 1. The molecule has 26 heavy (non-hydrogen) atoms. The zero-order valence-corrected chi connectivity index (χ0v) is 15.1. The fourth-order valence-electron chi connectivity index (χ4n) is 3.07. The lowest BCUT2D eigenvalue weighted by molar-refractivity contribution is -0.138. The summed E-state index contributed by atoms with van der Waals surface area (Å²) in [6.45, 7) is 7.53. The zero-order valence-electron chi connectivity index (χ0n) is 15.1. The first kappa shape index (κ1) is 18.4. The van der Waals surface area contributed by atoms with E-state index in [2.05, 4.69) is 4.90 Å². The van der Waals surface area contributed by atoms with E-state index in [-0.39, 0.29) is 18.2 Å². The molecule has 2 aliphatic rings. The van der Waals surface area contributed by atoms with Crippen molar-refractivity contribution in [3.63, 3.8) is 0 Å². The van der Waals surface area contributed by atoms with Crippen molar-refractivity contribution in [1.29, 1.82) is 0 Å². The van der Waals surface area contributed by atoms with Crippen molar-refractivity contribution < 1.29 is 24.2 Å². The quantitative estimate of drug-likeness (QED) is 0.774. The number of nitrogens with zero attached hydrogens (tertiary/aromatic N) is 2. The molecule has 1 fully saturated rings. The molecule has 1 aromatic carbocycles. The first-order valence-corrected chi connectivity index (χ1v) is 8.84. The van der Waals surface area contributed by atoms with E-state index in [0.717, 1.165) is 18.0 Å². The summed E-state index contributed by atoms with van der Waals surface area (Å²) in [5.74, 6) is -0.918. The first-order chi connectivity index (χ1) is 12.5. The monoisotopic (exact) mass is 360 g/mol. The van der Waals surface area contributed by atoms with E-state index < -0.39 is 17.6 Å². The fraction of sp³-hybridized carbons (Fsp3) is 0.474. The Hall–Kier alpha value is -2.38. The summed E-state index contributed by atoms with van der Waals surface area (Å²) in [5, 5.41) is 10.2. The Morgan fingerprint density at radius 1 is 1.08 bits per heavy atom. The van der Waals surface area contributed by atoms with E-state index >= 15 is 0 Å². The Labute approximate surface area is 152 Å². The van der Waals surface area contributed by atoms with Crippen LogP contribution in [0, 0.1) is 0 Å². The lowest BCUT2D eigenvalue weighted by Crippen LogP contribution is -2.43. The number of imide groups is 1. The lowest BCUT2D eigenvalue weighted by atomic mass is 10.1. The van der Waals surface area contributed by atoms with Crippen LogP contribution in [0.1, 0.15) is 19.4 Å². The maximum Gasteiger partial charge on any atom is 0.296 e. The van der Waals surface area contributed by atoms with E-state index in [4.69, 9.17) is 9.47 Å². The Morgan fingerprint density at radius 2 is 1.73 bits per heavy atom. The summed E-state index contributed by atoms with van der Waals surface area (Å²) in [4.78, 5) is 28.2. The third-order valence-electron chi connectivity index (χ3n) is 4.40. The van der Waals surface area contributed by atoms with Crippen LogP contribution in [-0.2, 0) is 14.3 Å². The highest BCUT2D eigenvalue weighted by molar-refractivity contribution is 6.34. The minimum atomic E-state index is -0.638. The van der Waals surface area contributed by atoms with Crippen molar-refractivity contribution in [3.8, 4) is 5.75 Å². The van der Waals surface area contributed by atoms with Crippen LogP contribution < -0.4 is 4.74 Å². The van der Waals surface area contributed by atoms with Crippen LogP contribution >= 0.6 is 0 Å². The molecule has 2 amide bonds. The zero-order chi connectivity index (χ0) is 18.7. The topological polar surface area (TPSA) is 79.3 Å². The molecule has 0 aliphatic carbocycles. The van der Waals surface area contributed by atoms with Crippen molar-refractivity contribution >= 4 is 17.4 Å². The number of morpholine rings is 1. The highest BCUT2D eigenvalue weighted by atomic mass is 16.5. The average Bonchev–Trinajstić information content (AvgIpc) is 2.84. The number of hydrogen-bond acceptors (Lipinski definition) is 6. The van der Waals surface area contributed by atoms with Crippen molar-refractivity contribution in [1.82, 2.24) is 9.80 Å². The van der Waals surface area contributed by atoms with Crippen LogP contribution in [-0.4, -0.2) is 72.2 Å². The maximum atomic E-state index is 12.7. The van der Waals surface area contributed by atoms with Gasteiger partial charge >= 0.3 is 0 Å². The van der Waals surface area contributed by atoms with Gasteiger partial charge in [-0.25, -0.2) is 0 Å². The van der Waals surface area contributed by atoms with E-state index in [1.165, 1.54) is 0 Å². The van der Waals surface area contributed by atoms with E-state index in [1.54, 1.807) is 24.3 Å². The number of hydrogen-bond donors (Lipinski definition) is 1. The third kappa shape index (κ3) is 3.89. The Morgan fingerprint density at radius 3 is 2.35 bits per heavy atom. The summed E-state index contributed by atoms with van der Waals surface area (Å²) < 4.78 is 10.9. The highest BCUT2D eigenvalue weighted by Gasteiger charge is 2.39. The van der Waals surface area contributed by atoms with Crippen LogP contribution in [0.15, 0.2) is 30.0 Å². The average molecular weight is 360 g/mol. The van der Waals surface area contributed by atoms with Gasteiger partial charge in [-0.15, -0.1) is 0 Å². The van der Waals surface area contributed by atoms with Crippen LogP contribution in [0.3, 0.4) is 0 Å². The van der Waals surface area contributed by atoms with Crippen molar-refractivity contribution in [2.24, 2.45) is 0 Å². The van der Waals surface area contributed by atoms with Crippen molar-refractivity contribution in [2.45, 2.75) is 20.0 Å². The molecule has 0 atom stereocenters. The minimum absolute atomic E-state index is 0.0406. The number of rotatable bonds is 6. The smallest absolute Gasteiger partial charge is 0.296 e. The maximum absolute atomic E-state index is 12.7. The number of benzene rings is 1. The Bertz CT molecular complexity index is 705. The van der Waals surface area contributed by atoms with E-state index in [1.807, 2.05) is 13.8 Å². The number of aliphatic hydroxyl groups is 1. The number of ether oxygens (including phenoxy) is 2. The van der Waals surface area contributed by atoms with Crippen LogP contribution in [0.4, 0.5) is 0 Å². The predicted octanol–water partition coefficient (Wildman–Crippen LogP) is 1.44. The standard InChI is InChI=1S/C19H24N2O5/c1-13(2)26-15-5-3-14(4-6-15)16-17(22)19(24)21(18(16)23)8-7-20-9-11-25-12-10-20/h3-6,13,22H,7-12H2,1-2H3. The van der Waals surface area contributed by atoms with E-state index in [0.29, 0.717) is 31.1 Å². The second-order valence-electron chi connectivity index (χ2n) is 6.63. The van der Waals surface area contributed by atoms with Gasteiger partial charge in [0.25, 0.3) is 11.8 Å². The molecule has 1 aromatic rings. The van der Waals surface area contributed by atoms with Gasteiger partial charge in [-0.3, -0.25) is 19.4 Å².